The first-order chi connectivity index (χ1) is 20.2. The summed E-state index contributed by atoms with van der Waals surface area (Å²) < 4.78 is 30.2. The molecule has 0 radical (unpaired) electrons. The number of ether oxygens (including phenoxy) is 5. The highest BCUT2D eigenvalue weighted by molar-refractivity contribution is 6.32. The van der Waals surface area contributed by atoms with Gasteiger partial charge in [0.25, 0.3) is 0 Å². The van der Waals surface area contributed by atoms with Crippen LogP contribution in [0, 0.1) is 23.7 Å². The molecular formula is C33H39ClO8. The zero-order valence-corrected chi connectivity index (χ0v) is 25.3. The van der Waals surface area contributed by atoms with Gasteiger partial charge in [-0.25, -0.2) is 9.78 Å². The van der Waals surface area contributed by atoms with Crippen LogP contribution in [0.3, 0.4) is 0 Å². The molecule has 2 aromatic carbocycles. The Morgan fingerprint density at radius 2 is 1.86 bits per heavy atom. The van der Waals surface area contributed by atoms with Crippen LogP contribution in [0.15, 0.2) is 48.5 Å². The maximum absolute atomic E-state index is 12.5. The van der Waals surface area contributed by atoms with Gasteiger partial charge in [-0.15, -0.1) is 0 Å². The van der Waals surface area contributed by atoms with Gasteiger partial charge in [-0.2, -0.15) is 0 Å². The highest BCUT2D eigenvalue weighted by Crippen LogP contribution is 2.60. The molecule has 5 fully saturated rings. The lowest BCUT2D eigenvalue weighted by atomic mass is 9.58. The van der Waals surface area contributed by atoms with Crippen molar-refractivity contribution in [1.82, 2.24) is 0 Å². The molecule has 2 bridgehead atoms. The maximum Gasteiger partial charge on any atom is 0.201 e. The Kier molecular flexibility index (Phi) is 8.39. The lowest BCUT2D eigenvalue weighted by molar-refractivity contribution is -0.577. The summed E-state index contributed by atoms with van der Waals surface area (Å²) in [6.07, 6.45) is 6.31. The standard InChI is InChI=1S/C33H39ClO8/c1-20-5-12-26-21(2)30(39-31-33(26)25(20)15-16-32(3,40-31)41-42-33)38-18-17-37-24-10-6-22(7-11-24)8-13-28(35)23-9-14-29(36-4)27(34)19-23/h6-11,13-14,19-21,25-26,30-31H,5,12,15-18H2,1-4H3/b13-8+/t20-,21-,25+,26+,30+,31-,32-,33-/m1/s1. The van der Waals surface area contributed by atoms with E-state index in [4.69, 9.17) is 45.1 Å². The van der Waals surface area contributed by atoms with Gasteiger partial charge in [0.2, 0.25) is 5.79 Å². The molecule has 42 heavy (non-hydrogen) atoms. The predicted molar refractivity (Wildman–Crippen MR) is 156 cm³/mol. The molecule has 1 aliphatic carbocycles. The Morgan fingerprint density at radius 1 is 1.05 bits per heavy atom. The highest BCUT2D eigenvalue weighted by Gasteiger charge is 2.69. The Balaban J connectivity index is 1.01. The summed E-state index contributed by atoms with van der Waals surface area (Å²) in [5.74, 6) is 1.49. The normalized spacial score (nSPS) is 35.5. The van der Waals surface area contributed by atoms with E-state index in [0.717, 1.165) is 31.2 Å². The minimum absolute atomic E-state index is 0.119. The van der Waals surface area contributed by atoms with Crippen molar-refractivity contribution in [2.75, 3.05) is 20.3 Å². The van der Waals surface area contributed by atoms with Crippen LogP contribution in [0.1, 0.15) is 62.4 Å². The van der Waals surface area contributed by atoms with Crippen molar-refractivity contribution in [2.24, 2.45) is 23.7 Å². The van der Waals surface area contributed by atoms with Crippen LogP contribution in [-0.4, -0.2) is 50.1 Å². The summed E-state index contributed by atoms with van der Waals surface area (Å²) in [5, 5.41) is 0.399. The van der Waals surface area contributed by atoms with Crippen molar-refractivity contribution in [3.63, 3.8) is 0 Å². The van der Waals surface area contributed by atoms with Gasteiger partial charge < -0.3 is 23.7 Å². The number of halogens is 1. The Morgan fingerprint density at radius 3 is 2.62 bits per heavy atom. The molecule has 5 aliphatic rings. The molecule has 8 atom stereocenters. The molecule has 2 aromatic rings. The summed E-state index contributed by atoms with van der Waals surface area (Å²) in [7, 11) is 1.54. The van der Waals surface area contributed by atoms with Gasteiger partial charge in [0.05, 0.1) is 18.7 Å². The molecule has 4 aliphatic heterocycles. The molecule has 0 amide bonds. The van der Waals surface area contributed by atoms with E-state index in [0.29, 0.717) is 47.1 Å². The molecule has 9 heteroatoms. The van der Waals surface area contributed by atoms with Crippen molar-refractivity contribution < 1.29 is 38.3 Å². The van der Waals surface area contributed by atoms with Gasteiger partial charge in [0.15, 0.2) is 24.0 Å². The van der Waals surface area contributed by atoms with Crippen molar-refractivity contribution in [1.29, 1.82) is 0 Å². The van der Waals surface area contributed by atoms with E-state index in [9.17, 15) is 4.79 Å². The number of hydrogen-bond acceptors (Lipinski definition) is 8. The van der Waals surface area contributed by atoms with Crippen molar-refractivity contribution in [2.45, 2.75) is 70.4 Å². The smallest absolute Gasteiger partial charge is 0.201 e. The van der Waals surface area contributed by atoms with Crippen LogP contribution >= 0.6 is 11.6 Å². The molecule has 0 N–H and O–H groups in total. The zero-order valence-electron chi connectivity index (χ0n) is 24.5. The van der Waals surface area contributed by atoms with Crippen molar-refractivity contribution in [3.05, 3.63) is 64.7 Å². The van der Waals surface area contributed by atoms with E-state index in [1.165, 1.54) is 13.2 Å². The van der Waals surface area contributed by atoms with E-state index in [1.54, 1.807) is 24.3 Å². The van der Waals surface area contributed by atoms with E-state index >= 15 is 0 Å². The Bertz CT molecular complexity index is 1310. The highest BCUT2D eigenvalue weighted by atomic mass is 35.5. The molecular weight excluding hydrogens is 560 g/mol. The molecule has 0 unspecified atom stereocenters. The molecule has 1 saturated carbocycles. The number of fused-ring (bicyclic) bond motifs is 2. The number of allylic oxidation sites excluding steroid dienone is 1. The average Bonchev–Trinajstić information content (AvgIpc) is 3.22. The molecule has 1 spiro atoms. The number of methoxy groups -OCH3 is 1. The topological polar surface area (TPSA) is 81.7 Å². The van der Waals surface area contributed by atoms with Crippen LogP contribution in [-0.2, 0) is 24.0 Å². The second-order valence-electron chi connectivity index (χ2n) is 12.1. The van der Waals surface area contributed by atoms with Gasteiger partial charge >= 0.3 is 0 Å². The van der Waals surface area contributed by atoms with Crippen LogP contribution < -0.4 is 9.47 Å². The summed E-state index contributed by atoms with van der Waals surface area (Å²) >= 11 is 6.14. The summed E-state index contributed by atoms with van der Waals surface area (Å²) in [6.45, 7) is 7.16. The number of ketones is 1. The number of rotatable bonds is 9. The predicted octanol–water partition coefficient (Wildman–Crippen LogP) is 6.85. The Hall–Kier alpha value is -2.46. The maximum atomic E-state index is 12.5. The van der Waals surface area contributed by atoms with Gasteiger partial charge in [0, 0.05) is 23.8 Å². The third kappa shape index (κ3) is 5.49. The van der Waals surface area contributed by atoms with Gasteiger partial charge in [-0.3, -0.25) is 4.79 Å². The summed E-state index contributed by atoms with van der Waals surface area (Å²) in [5.41, 5.74) is 0.781. The van der Waals surface area contributed by atoms with Crippen molar-refractivity contribution >= 4 is 23.5 Å². The average molecular weight is 599 g/mol. The second-order valence-corrected chi connectivity index (χ2v) is 12.5. The van der Waals surface area contributed by atoms with Gasteiger partial charge in [-0.1, -0.05) is 43.7 Å². The molecule has 7 rings (SSSR count). The molecule has 4 saturated heterocycles. The fraction of sp³-hybridized carbons (Fsp3) is 0.545. The lowest BCUT2D eigenvalue weighted by Gasteiger charge is -2.60. The molecule has 8 nitrogen and oxygen atoms in total. The second kappa shape index (κ2) is 11.9. The molecule has 0 aromatic heterocycles. The summed E-state index contributed by atoms with van der Waals surface area (Å²) in [4.78, 5) is 24.6. The monoisotopic (exact) mass is 598 g/mol. The largest absolute Gasteiger partial charge is 0.495 e. The van der Waals surface area contributed by atoms with Gasteiger partial charge in [-0.05, 0) is 80.0 Å². The van der Waals surface area contributed by atoms with Crippen LogP contribution in [0.5, 0.6) is 11.5 Å². The summed E-state index contributed by atoms with van der Waals surface area (Å²) in [6, 6.07) is 12.5. The van der Waals surface area contributed by atoms with E-state index < -0.39 is 24.0 Å². The zero-order chi connectivity index (χ0) is 29.5. The molecule has 226 valence electrons. The van der Waals surface area contributed by atoms with Crippen LogP contribution in [0.4, 0.5) is 0 Å². The Labute approximate surface area is 252 Å². The molecule has 4 heterocycles. The fourth-order valence-corrected chi connectivity index (χ4v) is 7.41. The third-order valence-electron chi connectivity index (χ3n) is 9.47. The fourth-order valence-electron chi connectivity index (χ4n) is 7.15. The SMILES string of the molecule is COc1ccc(C(=O)/C=C/c2ccc(OCCO[C@H]3O[C@@H]4O[C@@]5(C)CC[C@H]6[C@H](C)CC[C@@H]([C@H]3C)[C@@]46OO5)cc2)cc1Cl. The van der Waals surface area contributed by atoms with Gasteiger partial charge in [0.1, 0.15) is 18.1 Å². The number of hydrogen-bond donors (Lipinski definition) is 0. The first kappa shape index (κ1) is 29.6. The van der Waals surface area contributed by atoms with Crippen molar-refractivity contribution in [3.8, 4) is 11.5 Å². The number of carbonyl (C=O) groups excluding carboxylic acids is 1. The lowest BCUT2D eigenvalue weighted by Crippen LogP contribution is -2.70. The van der Waals surface area contributed by atoms with E-state index in [-0.39, 0.29) is 17.6 Å². The number of carbonyl (C=O) groups is 1. The third-order valence-corrected chi connectivity index (χ3v) is 9.77. The minimum Gasteiger partial charge on any atom is -0.495 e. The van der Waals surface area contributed by atoms with E-state index in [1.807, 2.05) is 31.2 Å². The first-order valence-electron chi connectivity index (χ1n) is 14.8. The number of benzene rings is 2. The minimum atomic E-state index is -0.802. The van der Waals surface area contributed by atoms with Crippen LogP contribution in [0.25, 0.3) is 6.08 Å². The van der Waals surface area contributed by atoms with E-state index in [2.05, 4.69) is 13.8 Å². The van der Waals surface area contributed by atoms with Crippen LogP contribution in [0.2, 0.25) is 5.02 Å². The quantitative estimate of drug-likeness (QED) is 0.134. The first-order valence-corrected chi connectivity index (χ1v) is 15.2.